The van der Waals surface area contributed by atoms with Gasteiger partial charge in [0.15, 0.2) is 0 Å². The van der Waals surface area contributed by atoms with E-state index in [-0.39, 0.29) is 5.97 Å². The summed E-state index contributed by atoms with van der Waals surface area (Å²) < 4.78 is 6.56. The molecule has 1 aromatic rings. The molecule has 0 bridgehead atoms. The molecule has 0 aromatic heterocycles. The van der Waals surface area contributed by atoms with E-state index in [0.717, 1.165) is 27.6 Å². The third-order valence-corrected chi connectivity index (χ3v) is 3.37. The Bertz CT molecular complexity index is 349. The quantitative estimate of drug-likeness (QED) is 0.651. The van der Waals surface area contributed by atoms with Crippen LogP contribution in [0.25, 0.3) is 0 Å². The lowest BCUT2D eigenvalue weighted by Gasteiger charge is -2.10. The highest BCUT2D eigenvalue weighted by atomic mass is 79.9. The topological polar surface area (TPSA) is 38.3 Å². The number of esters is 1. The van der Waals surface area contributed by atoms with Gasteiger partial charge in [-0.3, -0.25) is 4.79 Å². The van der Waals surface area contributed by atoms with E-state index in [4.69, 9.17) is 0 Å². The van der Waals surface area contributed by atoms with E-state index in [9.17, 15) is 4.79 Å². The molecule has 0 saturated carbocycles. The molecular weight excluding hydrogens is 338 g/mol. The van der Waals surface area contributed by atoms with Crippen molar-refractivity contribution in [3.63, 3.8) is 0 Å². The fourth-order valence-electron chi connectivity index (χ4n) is 1.21. The number of ether oxygens (including phenoxy) is 1. The van der Waals surface area contributed by atoms with Crippen molar-refractivity contribution < 1.29 is 9.53 Å². The van der Waals surface area contributed by atoms with Gasteiger partial charge in [-0.15, -0.1) is 0 Å². The highest BCUT2D eigenvalue weighted by molar-refractivity contribution is 9.11. The number of nitrogens with one attached hydrogen (secondary N) is 1. The van der Waals surface area contributed by atoms with Gasteiger partial charge in [-0.25, -0.2) is 0 Å². The summed E-state index contributed by atoms with van der Waals surface area (Å²) in [6, 6.07) is 5.88. The average Bonchev–Trinajstić information content (AvgIpc) is 2.27. The molecule has 88 valence electrons. The number of carbonyl (C=O) groups is 1. The highest BCUT2D eigenvalue weighted by Crippen LogP contribution is 2.30. The van der Waals surface area contributed by atoms with Gasteiger partial charge in [-0.2, -0.15) is 0 Å². The summed E-state index contributed by atoms with van der Waals surface area (Å²) in [5.74, 6) is -0.173. The van der Waals surface area contributed by atoms with Crippen LogP contribution in [0.4, 0.5) is 5.69 Å². The zero-order valence-corrected chi connectivity index (χ0v) is 12.1. The van der Waals surface area contributed by atoms with Crippen LogP contribution in [0, 0.1) is 0 Å². The van der Waals surface area contributed by atoms with Crippen molar-refractivity contribution in [1.29, 1.82) is 0 Å². The van der Waals surface area contributed by atoms with Crippen LogP contribution in [0.2, 0.25) is 0 Å². The van der Waals surface area contributed by atoms with Gasteiger partial charge in [0.2, 0.25) is 0 Å². The van der Waals surface area contributed by atoms with Crippen molar-refractivity contribution in [2.75, 3.05) is 19.0 Å². The minimum atomic E-state index is -0.173. The Kier molecular flexibility index (Phi) is 5.84. The molecular formula is C11H13Br2NO2. The zero-order chi connectivity index (χ0) is 12.0. The number of anilines is 1. The van der Waals surface area contributed by atoms with E-state index in [0.29, 0.717) is 6.42 Å². The number of hydrogen-bond acceptors (Lipinski definition) is 3. The molecule has 0 radical (unpaired) electrons. The third-order valence-electron chi connectivity index (χ3n) is 2.05. The second kappa shape index (κ2) is 6.91. The number of para-hydroxylation sites is 1. The smallest absolute Gasteiger partial charge is 0.305 e. The Morgan fingerprint density at radius 1 is 1.38 bits per heavy atom. The minimum absolute atomic E-state index is 0.173. The first-order valence-electron chi connectivity index (χ1n) is 4.90. The first-order chi connectivity index (χ1) is 7.65. The zero-order valence-electron chi connectivity index (χ0n) is 8.93. The molecule has 3 nitrogen and oxygen atoms in total. The maximum Gasteiger partial charge on any atom is 0.305 e. The first-order valence-corrected chi connectivity index (χ1v) is 6.48. The summed E-state index contributed by atoms with van der Waals surface area (Å²) in [6.45, 7) is 0.732. The van der Waals surface area contributed by atoms with E-state index >= 15 is 0 Å². The van der Waals surface area contributed by atoms with Crippen LogP contribution in [-0.2, 0) is 9.53 Å². The van der Waals surface area contributed by atoms with E-state index in [2.05, 4.69) is 41.9 Å². The molecule has 0 amide bonds. The SMILES string of the molecule is COC(=O)CCCNc1c(Br)cccc1Br. The second-order valence-electron chi connectivity index (χ2n) is 3.20. The lowest BCUT2D eigenvalue weighted by Crippen LogP contribution is -2.07. The van der Waals surface area contributed by atoms with E-state index in [1.807, 2.05) is 18.2 Å². The number of methoxy groups -OCH3 is 1. The van der Waals surface area contributed by atoms with Gasteiger partial charge in [0.25, 0.3) is 0 Å². The van der Waals surface area contributed by atoms with Gasteiger partial charge in [-0.1, -0.05) is 6.07 Å². The Balaban J connectivity index is 2.40. The van der Waals surface area contributed by atoms with Gasteiger partial charge in [0.1, 0.15) is 0 Å². The molecule has 0 saturated heterocycles. The predicted octanol–water partition coefficient (Wildman–Crippen LogP) is 3.58. The maximum atomic E-state index is 10.9. The molecule has 0 aliphatic carbocycles. The Labute approximate surface area is 112 Å². The van der Waals surface area contributed by atoms with Crippen molar-refractivity contribution >= 4 is 43.5 Å². The fraction of sp³-hybridized carbons (Fsp3) is 0.364. The van der Waals surface area contributed by atoms with Crippen LogP contribution in [0.15, 0.2) is 27.1 Å². The molecule has 0 unspecified atom stereocenters. The number of benzene rings is 1. The number of rotatable bonds is 5. The normalized spacial score (nSPS) is 9.94. The number of carbonyl (C=O) groups excluding carboxylic acids is 1. The maximum absolute atomic E-state index is 10.9. The third kappa shape index (κ3) is 4.14. The van der Waals surface area contributed by atoms with E-state index < -0.39 is 0 Å². The Morgan fingerprint density at radius 3 is 2.56 bits per heavy atom. The van der Waals surface area contributed by atoms with Crippen LogP contribution < -0.4 is 5.32 Å². The van der Waals surface area contributed by atoms with Gasteiger partial charge in [-0.05, 0) is 50.4 Å². The van der Waals surface area contributed by atoms with Gasteiger partial charge in [0, 0.05) is 21.9 Å². The molecule has 1 aromatic carbocycles. The molecule has 0 spiro atoms. The predicted molar refractivity (Wildman–Crippen MR) is 71.6 cm³/mol. The molecule has 1 N–H and O–H groups in total. The summed E-state index contributed by atoms with van der Waals surface area (Å²) in [4.78, 5) is 10.9. The monoisotopic (exact) mass is 349 g/mol. The van der Waals surface area contributed by atoms with Gasteiger partial charge >= 0.3 is 5.97 Å². The van der Waals surface area contributed by atoms with Crippen LogP contribution >= 0.6 is 31.9 Å². The number of hydrogen-bond donors (Lipinski definition) is 1. The molecule has 16 heavy (non-hydrogen) atoms. The van der Waals surface area contributed by atoms with Crippen molar-refractivity contribution in [2.45, 2.75) is 12.8 Å². The summed E-state index contributed by atoms with van der Waals surface area (Å²) in [5.41, 5.74) is 1.01. The average molecular weight is 351 g/mol. The van der Waals surface area contributed by atoms with Crippen molar-refractivity contribution in [1.82, 2.24) is 0 Å². The molecule has 1 rings (SSSR count). The minimum Gasteiger partial charge on any atom is -0.469 e. The molecule has 0 atom stereocenters. The summed E-state index contributed by atoms with van der Waals surface area (Å²) in [6.07, 6.45) is 1.19. The van der Waals surface area contributed by atoms with Crippen LogP contribution in [-0.4, -0.2) is 19.6 Å². The van der Waals surface area contributed by atoms with Crippen LogP contribution in [0.3, 0.4) is 0 Å². The lowest BCUT2D eigenvalue weighted by atomic mass is 10.3. The Morgan fingerprint density at radius 2 is 2.00 bits per heavy atom. The molecule has 0 heterocycles. The van der Waals surface area contributed by atoms with Crippen molar-refractivity contribution in [2.24, 2.45) is 0 Å². The first kappa shape index (κ1) is 13.5. The Hall–Kier alpha value is -0.550. The lowest BCUT2D eigenvalue weighted by molar-refractivity contribution is -0.140. The summed E-state index contributed by atoms with van der Waals surface area (Å²) in [7, 11) is 1.40. The standard InChI is InChI=1S/C11H13Br2NO2/c1-16-10(15)6-3-7-14-11-8(12)4-2-5-9(11)13/h2,4-5,14H,3,6-7H2,1H3. The molecule has 0 fully saturated rings. The van der Waals surface area contributed by atoms with Crippen LogP contribution in [0.1, 0.15) is 12.8 Å². The van der Waals surface area contributed by atoms with Crippen molar-refractivity contribution in [3.8, 4) is 0 Å². The largest absolute Gasteiger partial charge is 0.469 e. The van der Waals surface area contributed by atoms with Gasteiger partial charge in [0.05, 0.1) is 12.8 Å². The van der Waals surface area contributed by atoms with Gasteiger partial charge < -0.3 is 10.1 Å². The summed E-state index contributed by atoms with van der Waals surface area (Å²) >= 11 is 6.92. The molecule has 0 aliphatic rings. The second-order valence-corrected chi connectivity index (χ2v) is 4.91. The molecule has 0 aliphatic heterocycles. The highest BCUT2D eigenvalue weighted by Gasteiger charge is 2.04. The van der Waals surface area contributed by atoms with E-state index in [1.165, 1.54) is 7.11 Å². The summed E-state index contributed by atoms with van der Waals surface area (Å²) in [5, 5.41) is 3.26. The number of halogens is 2. The van der Waals surface area contributed by atoms with Crippen LogP contribution in [0.5, 0.6) is 0 Å². The van der Waals surface area contributed by atoms with Crippen molar-refractivity contribution in [3.05, 3.63) is 27.1 Å². The molecule has 5 heteroatoms. The van der Waals surface area contributed by atoms with E-state index in [1.54, 1.807) is 0 Å². The fourth-order valence-corrected chi connectivity index (χ4v) is 2.49.